The summed E-state index contributed by atoms with van der Waals surface area (Å²) in [5.74, 6) is 0.985. The Hall–Kier alpha value is 0.0700. The molecule has 16 heavy (non-hydrogen) atoms. The van der Waals surface area contributed by atoms with E-state index in [-0.39, 0.29) is 6.54 Å². The number of nitrogens with zero attached hydrogens (tertiary/aromatic N) is 1. The second-order valence-electron chi connectivity index (χ2n) is 4.18. The maximum absolute atomic E-state index is 12.2. The summed E-state index contributed by atoms with van der Waals surface area (Å²) in [6.07, 6.45) is -1.30. The molecule has 0 saturated heterocycles. The lowest BCUT2D eigenvalue weighted by molar-refractivity contribution is 0.0594. The molecule has 0 rings (SSSR count). The Morgan fingerprint density at radius 2 is 1.88 bits per heavy atom. The van der Waals surface area contributed by atoms with Crippen molar-refractivity contribution < 1.29 is 13.5 Å². The normalized spacial score (nSPS) is 12.0. The number of halogens is 3. The van der Waals surface area contributed by atoms with Crippen LogP contribution < -0.4 is 0 Å². The third-order valence-corrected chi connectivity index (χ3v) is 2.36. The van der Waals surface area contributed by atoms with E-state index in [4.69, 9.17) is 16.3 Å². The second kappa shape index (κ2) is 10.2. The van der Waals surface area contributed by atoms with Crippen molar-refractivity contribution in [2.75, 3.05) is 38.7 Å². The molecule has 0 saturated carbocycles. The van der Waals surface area contributed by atoms with Crippen LogP contribution in [-0.2, 0) is 4.74 Å². The highest BCUT2D eigenvalue weighted by Gasteiger charge is 2.10. The topological polar surface area (TPSA) is 12.5 Å². The van der Waals surface area contributed by atoms with E-state index in [9.17, 15) is 8.78 Å². The van der Waals surface area contributed by atoms with Gasteiger partial charge in [-0.05, 0) is 12.3 Å². The third-order valence-electron chi connectivity index (χ3n) is 2.19. The van der Waals surface area contributed by atoms with Gasteiger partial charge in [-0.25, -0.2) is 8.78 Å². The molecule has 0 aromatic heterocycles. The van der Waals surface area contributed by atoms with Crippen LogP contribution in [0.15, 0.2) is 0 Å². The molecule has 0 aliphatic carbocycles. The first-order valence-corrected chi connectivity index (χ1v) is 6.24. The van der Waals surface area contributed by atoms with Crippen molar-refractivity contribution in [2.24, 2.45) is 5.92 Å². The van der Waals surface area contributed by atoms with Gasteiger partial charge in [-0.3, -0.25) is 4.90 Å². The molecule has 0 aliphatic rings. The van der Waals surface area contributed by atoms with Crippen molar-refractivity contribution in [3.05, 3.63) is 0 Å². The molecule has 0 aromatic carbocycles. The van der Waals surface area contributed by atoms with Crippen LogP contribution in [0.4, 0.5) is 8.78 Å². The van der Waals surface area contributed by atoms with E-state index in [2.05, 4.69) is 13.8 Å². The van der Waals surface area contributed by atoms with E-state index in [1.807, 2.05) is 0 Å². The maximum Gasteiger partial charge on any atom is 0.251 e. The van der Waals surface area contributed by atoms with Crippen molar-refractivity contribution in [3.8, 4) is 0 Å². The van der Waals surface area contributed by atoms with E-state index < -0.39 is 6.43 Å². The molecule has 5 heteroatoms. The van der Waals surface area contributed by atoms with Gasteiger partial charge in [-0.2, -0.15) is 0 Å². The molecular formula is C11H22ClF2NO. The van der Waals surface area contributed by atoms with E-state index >= 15 is 0 Å². The first kappa shape index (κ1) is 16.1. The highest BCUT2D eigenvalue weighted by molar-refractivity contribution is 6.18. The van der Waals surface area contributed by atoms with Gasteiger partial charge in [0, 0.05) is 25.6 Å². The quantitative estimate of drug-likeness (QED) is 0.441. The van der Waals surface area contributed by atoms with E-state index in [1.165, 1.54) is 0 Å². The fourth-order valence-electron chi connectivity index (χ4n) is 1.22. The summed E-state index contributed by atoms with van der Waals surface area (Å²) >= 11 is 5.53. The summed E-state index contributed by atoms with van der Waals surface area (Å²) in [4.78, 5) is 1.63. The van der Waals surface area contributed by atoms with E-state index in [0.717, 1.165) is 6.42 Å². The van der Waals surface area contributed by atoms with Crippen molar-refractivity contribution in [1.82, 2.24) is 4.90 Å². The molecule has 0 unspecified atom stereocenters. The molecule has 2 nitrogen and oxygen atoms in total. The van der Waals surface area contributed by atoms with Crippen LogP contribution in [0.5, 0.6) is 0 Å². The van der Waals surface area contributed by atoms with Crippen molar-refractivity contribution in [1.29, 1.82) is 0 Å². The summed E-state index contributed by atoms with van der Waals surface area (Å²) in [5.41, 5.74) is 0. The van der Waals surface area contributed by atoms with Crippen molar-refractivity contribution >= 4 is 11.6 Å². The highest BCUT2D eigenvalue weighted by Crippen LogP contribution is 2.01. The average Bonchev–Trinajstić information content (AvgIpc) is 2.16. The van der Waals surface area contributed by atoms with Crippen LogP contribution in [0.3, 0.4) is 0 Å². The lowest BCUT2D eigenvalue weighted by atomic mass is 10.1. The highest BCUT2D eigenvalue weighted by atomic mass is 35.5. The van der Waals surface area contributed by atoms with Gasteiger partial charge in [-0.1, -0.05) is 13.8 Å². The molecule has 0 spiro atoms. The summed E-state index contributed by atoms with van der Waals surface area (Å²) < 4.78 is 29.7. The molecule has 0 aromatic rings. The largest absolute Gasteiger partial charge is 0.380 e. The fraction of sp³-hybridized carbons (Fsp3) is 1.00. The van der Waals surface area contributed by atoms with E-state index in [0.29, 0.717) is 38.1 Å². The smallest absolute Gasteiger partial charge is 0.251 e. The number of rotatable bonds is 10. The molecule has 0 atom stereocenters. The molecule has 0 amide bonds. The summed E-state index contributed by atoms with van der Waals surface area (Å²) in [7, 11) is 0. The molecule has 98 valence electrons. The van der Waals surface area contributed by atoms with Gasteiger partial charge in [0.1, 0.15) is 0 Å². The summed E-state index contributed by atoms with van der Waals surface area (Å²) in [6, 6.07) is 0. The predicted molar refractivity (Wildman–Crippen MR) is 63.4 cm³/mol. The van der Waals surface area contributed by atoms with Crippen LogP contribution in [0, 0.1) is 5.92 Å². The van der Waals surface area contributed by atoms with Crippen LogP contribution in [0.25, 0.3) is 0 Å². The van der Waals surface area contributed by atoms with Gasteiger partial charge in [0.2, 0.25) is 0 Å². The fourth-order valence-corrected chi connectivity index (χ4v) is 1.46. The molecule has 0 heterocycles. The van der Waals surface area contributed by atoms with Gasteiger partial charge in [0.05, 0.1) is 13.2 Å². The van der Waals surface area contributed by atoms with Gasteiger partial charge >= 0.3 is 0 Å². The molecule has 0 N–H and O–H groups in total. The minimum absolute atomic E-state index is 0.222. The lowest BCUT2D eigenvalue weighted by Crippen LogP contribution is -2.33. The number of hydrogen-bond acceptors (Lipinski definition) is 2. The average molecular weight is 258 g/mol. The molecule has 0 aliphatic heterocycles. The van der Waals surface area contributed by atoms with Crippen molar-refractivity contribution in [3.63, 3.8) is 0 Å². The maximum atomic E-state index is 12.2. The summed E-state index contributed by atoms with van der Waals surface area (Å²) in [6.45, 7) is 6.23. The number of hydrogen-bond donors (Lipinski definition) is 0. The zero-order chi connectivity index (χ0) is 12.4. The Morgan fingerprint density at radius 1 is 1.19 bits per heavy atom. The van der Waals surface area contributed by atoms with Crippen LogP contribution in [0.1, 0.15) is 20.3 Å². The SMILES string of the molecule is CC(C)CCOCCN(CCCl)CC(F)F. The minimum Gasteiger partial charge on any atom is -0.380 e. The molecule has 0 bridgehead atoms. The number of alkyl halides is 3. The van der Waals surface area contributed by atoms with Gasteiger partial charge in [0.25, 0.3) is 6.43 Å². The zero-order valence-corrected chi connectivity index (χ0v) is 10.8. The molecule has 0 radical (unpaired) electrons. The van der Waals surface area contributed by atoms with Crippen LogP contribution in [0.2, 0.25) is 0 Å². The Morgan fingerprint density at radius 3 is 2.38 bits per heavy atom. The lowest BCUT2D eigenvalue weighted by Gasteiger charge is -2.20. The number of ether oxygens (including phenoxy) is 1. The molecule has 0 fully saturated rings. The van der Waals surface area contributed by atoms with Gasteiger partial charge in [-0.15, -0.1) is 11.6 Å². The summed E-state index contributed by atoms with van der Waals surface area (Å²) in [5, 5.41) is 0. The predicted octanol–water partition coefficient (Wildman–Crippen LogP) is 2.86. The first-order chi connectivity index (χ1) is 7.56. The Balaban J connectivity index is 3.51. The zero-order valence-electron chi connectivity index (χ0n) is 10.1. The van der Waals surface area contributed by atoms with Gasteiger partial charge < -0.3 is 4.74 Å². The monoisotopic (exact) mass is 257 g/mol. The third kappa shape index (κ3) is 10.6. The Labute approximate surface area is 102 Å². The van der Waals surface area contributed by atoms with Crippen LogP contribution in [-0.4, -0.2) is 50.1 Å². The van der Waals surface area contributed by atoms with Crippen molar-refractivity contribution in [2.45, 2.75) is 26.7 Å². The van der Waals surface area contributed by atoms with Gasteiger partial charge in [0.15, 0.2) is 0 Å². The Bertz CT molecular complexity index is 159. The molecular weight excluding hydrogens is 236 g/mol. The first-order valence-electron chi connectivity index (χ1n) is 5.70. The van der Waals surface area contributed by atoms with E-state index in [1.54, 1.807) is 4.90 Å². The van der Waals surface area contributed by atoms with Crippen LogP contribution >= 0.6 is 11.6 Å². The Kier molecular flexibility index (Phi) is 10.3. The second-order valence-corrected chi connectivity index (χ2v) is 4.55. The standard InChI is InChI=1S/C11H22ClF2NO/c1-10(2)3-7-16-8-6-15(5-4-12)9-11(13)14/h10-11H,3-9H2,1-2H3. The minimum atomic E-state index is -2.31.